The Kier molecular flexibility index (Phi) is 21.1. The van der Waals surface area contributed by atoms with Gasteiger partial charge in [0, 0.05) is 45.0 Å². The topological polar surface area (TPSA) is 6.48 Å². The number of anilines is 6. The molecule has 2 nitrogen and oxygen atoms in total. The van der Waals surface area contributed by atoms with E-state index >= 15 is 0 Å². The molecule has 0 aromatic heterocycles. The third-order valence-electron chi connectivity index (χ3n) is 23.7. The van der Waals surface area contributed by atoms with Crippen molar-refractivity contribution in [1.82, 2.24) is 0 Å². The molecule has 0 bridgehead atoms. The van der Waals surface area contributed by atoms with Crippen molar-refractivity contribution in [3.8, 4) is 77.9 Å². The van der Waals surface area contributed by atoms with Crippen molar-refractivity contribution in [3.63, 3.8) is 0 Å². The molecule has 2 heteroatoms. The molecule has 3 aliphatic rings. The fraction of sp³-hybridized carbons (Fsp3) is 0.287. The van der Waals surface area contributed by atoms with Crippen LogP contribution in [-0.2, 0) is 23.7 Å². The number of fused-ring (bicyclic) bond motifs is 7. The van der Waals surface area contributed by atoms with Crippen LogP contribution in [0.3, 0.4) is 0 Å². The van der Waals surface area contributed by atoms with Gasteiger partial charge in [-0.05, 0) is 254 Å². The van der Waals surface area contributed by atoms with E-state index in [-0.39, 0.29) is 10.8 Å². The van der Waals surface area contributed by atoms with Gasteiger partial charge in [-0.1, -0.05) is 312 Å². The van der Waals surface area contributed by atoms with E-state index in [2.05, 4.69) is 317 Å². The molecule has 0 radical (unpaired) electrons. The van der Waals surface area contributed by atoms with E-state index in [1.807, 2.05) is 0 Å². The SMILES string of the molecule is CCCCCCC1(CCCCCC)c2cc(-c3ccccc3)ccc2-c2ccc(-c3ccc(N(c4ccc(-c5ccc6c(c5)C(CCCCCC)(CCCCCC)c5cc(-c7ccc(N(c8ccc(C)cc8)c8ccc(-c9ccccc9)cc8)cc7)ccc5-6)cc4)c4ccc5c(c4)CC5)cc3)cc21. The van der Waals surface area contributed by atoms with Gasteiger partial charge in [0.15, 0.2) is 0 Å². The van der Waals surface area contributed by atoms with Gasteiger partial charge < -0.3 is 9.80 Å². The average molecular weight is 1350 g/mol. The zero-order valence-corrected chi connectivity index (χ0v) is 61.9. The first-order valence-corrected chi connectivity index (χ1v) is 39.7. The molecule has 0 aliphatic heterocycles. The van der Waals surface area contributed by atoms with Gasteiger partial charge in [0.1, 0.15) is 0 Å². The first kappa shape index (κ1) is 69.0. The standard InChI is InChI=1S/C101H104N2/c1-6-10-14-24-64-100(65-25-15-11-7-2)96-69-82(75-30-22-19-23-31-75)45-60-92(96)93-61-47-84(71-97(93)100)79-40-55-89(56-41-79)103(91-59-44-77-34-35-81(77)68-91)90-57-42-80(43-58-90)85-48-63-95-94-62-46-83(70-98(94)101(99(95)72-85,66-26-16-12-8-3)67-27-17-13-9-4)78-38-53-88(54-39-78)102(86-49-32-73(5)33-50-86)87-51-36-76(37-52-87)74-28-20-18-21-29-74/h18-23,28-33,36-63,68-72H,6-17,24-27,34-35,64-67H2,1-5H3. The van der Waals surface area contributed by atoms with Crippen molar-refractivity contribution < 1.29 is 0 Å². The molecule has 0 saturated carbocycles. The summed E-state index contributed by atoms with van der Waals surface area (Å²) in [5.74, 6) is 0. The second-order valence-corrected chi connectivity index (χ2v) is 30.3. The lowest BCUT2D eigenvalue weighted by Gasteiger charge is -2.33. The van der Waals surface area contributed by atoms with Crippen molar-refractivity contribution in [2.24, 2.45) is 0 Å². The maximum absolute atomic E-state index is 2.63. The molecule has 518 valence electrons. The fourth-order valence-corrected chi connectivity index (χ4v) is 17.8. The molecule has 0 fully saturated rings. The molecular formula is C101H104N2. The molecule has 0 unspecified atom stereocenters. The van der Waals surface area contributed by atoms with E-state index in [0.29, 0.717) is 0 Å². The summed E-state index contributed by atoms with van der Waals surface area (Å²) in [5, 5.41) is 0. The summed E-state index contributed by atoms with van der Waals surface area (Å²) >= 11 is 0. The van der Waals surface area contributed by atoms with Gasteiger partial charge in [0.2, 0.25) is 0 Å². The summed E-state index contributed by atoms with van der Waals surface area (Å²) in [6.07, 6.45) is 27.1. The molecular weight excluding hydrogens is 1240 g/mol. The summed E-state index contributed by atoms with van der Waals surface area (Å²) in [6, 6.07) is 105. The van der Waals surface area contributed by atoms with Crippen LogP contribution in [0.1, 0.15) is 195 Å². The van der Waals surface area contributed by atoms with Crippen molar-refractivity contribution in [1.29, 1.82) is 0 Å². The van der Waals surface area contributed by atoms with Gasteiger partial charge >= 0.3 is 0 Å². The Morgan fingerprint density at radius 1 is 0.233 bits per heavy atom. The minimum Gasteiger partial charge on any atom is -0.311 e. The van der Waals surface area contributed by atoms with E-state index in [1.54, 1.807) is 11.1 Å². The lowest BCUT2D eigenvalue weighted by atomic mass is 9.70. The molecule has 0 atom stereocenters. The van der Waals surface area contributed by atoms with Crippen LogP contribution in [0.4, 0.5) is 34.1 Å². The largest absolute Gasteiger partial charge is 0.311 e. The number of aryl methyl sites for hydroxylation is 3. The first-order valence-electron chi connectivity index (χ1n) is 39.7. The van der Waals surface area contributed by atoms with Gasteiger partial charge in [0.25, 0.3) is 0 Å². The molecule has 103 heavy (non-hydrogen) atoms. The maximum Gasteiger partial charge on any atom is 0.0464 e. The number of benzene rings is 12. The summed E-state index contributed by atoms with van der Waals surface area (Å²) in [5.41, 5.74) is 35.7. The zero-order valence-electron chi connectivity index (χ0n) is 61.9. The Balaban J connectivity index is 0.748. The lowest BCUT2D eigenvalue weighted by molar-refractivity contribution is 0.401. The van der Waals surface area contributed by atoms with Gasteiger partial charge in [-0.25, -0.2) is 0 Å². The van der Waals surface area contributed by atoms with Crippen LogP contribution in [0.15, 0.2) is 273 Å². The average Bonchev–Trinajstić information content (AvgIpc) is 1.57. The zero-order chi connectivity index (χ0) is 70.1. The van der Waals surface area contributed by atoms with E-state index in [4.69, 9.17) is 0 Å². The molecule has 0 N–H and O–H groups in total. The second kappa shape index (κ2) is 31.5. The van der Waals surface area contributed by atoms with Crippen molar-refractivity contribution in [2.45, 2.75) is 187 Å². The highest BCUT2D eigenvalue weighted by Crippen LogP contribution is 2.58. The van der Waals surface area contributed by atoms with Gasteiger partial charge in [-0.2, -0.15) is 0 Å². The Morgan fingerprint density at radius 2 is 0.495 bits per heavy atom. The highest BCUT2D eigenvalue weighted by Gasteiger charge is 2.44. The third kappa shape index (κ3) is 14.2. The van der Waals surface area contributed by atoms with Crippen molar-refractivity contribution in [3.05, 3.63) is 312 Å². The summed E-state index contributed by atoms with van der Waals surface area (Å²) in [4.78, 5) is 4.89. The van der Waals surface area contributed by atoms with Crippen molar-refractivity contribution >= 4 is 34.1 Å². The highest BCUT2D eigenvalue weighted by molar-refractivity contribution is 5.90. The van der Waals surface area contributed by atoms with Crippen LogP contribution in [0.5, 0.6) is 0 Å². The summed E-state index contributed by atoms with van der Waals surface area (Å²) < 4.78 is 0. The number of nitrogens with zero attached hydrogens (tertiary/aromatic N) is 2. The van der Waals surface area contributed by atoms with E-state index in [1.165, 1.54) is 245 Å². The molecule has 0 heterocycles. The molecule has 12 aromatic rings. The van der Waals surface area contributed by atoms with Crippen LogP contribution in [0.25, 0.3) is 77.9 Å². The highest BCUT2D eigenvalue weighted by atomic mass is 15.1. The fourth-order valence-electron chi connectivity index (χ4n) is 17.8. The molecule has 12 aromatic carbocycles. The van der Waals surface area contributed by atoms with Crippen LogP contribution >= 0.6 is 0 Å². The Labute approximate surface area is 616 Å². The van der Waals surface area contributed by atoms with E-state index in [9.17, 15) is 0 Å². The number of rotatable bonds is 31. The van der Waals surface area contributed by atoms with E-state index in [0.717, 1.165) is 36.3 Å². The van der Waals surface area contributed by atoms with Crippen LogP contribution in [-0.4, -0.2) is 0 Å². The van der Waals surface area contributed by atoms with E-state index < -0.39 is 0 Å². The summed E-state index contributed by atoms with van der Waals surface area (Å²) in [7, 11) is 0. The van der Waals surface area contributed by atoms with Crippen LogP contribution < -0.4 is 9.80 Å². The van der Waals surface area contributed by atoms with Crippen LogP contribution in [0.2, 0.25) is 0 Å². The minimum absolute atomic E-state index is 0.0220. The maximum atomic E-state index is 2.63. The number of unbranched alkanes of at least 4 members (excludes halogenated alkanes) is 12. The first-order chi connectivity index (χ1) is 50.8. The molecule has 0 amide bonds. The normalized spacial score (nSPS) is 13.4. The quantitative estimate of drug-likeness (QED) is 0.0400. The number of hydrogen-bond acceptors (Lipinski definition) is 2. The lowest BCUT2D eigenvalue weighted by Crippen LogP contribution is -2.25. The monoisotopic (exact) mass is 1340 g/mol. The Morgan fingerprint density at radius 3 is 0.796 bits per heavy atom. The molecule has 0 spiro atoms. The second-order valence-electron chi connectivity index (χ2n) is 30.3. The molecule has 0 saturated heterocycles. The Hall–Kier alpha value is -9.76. The van der Waals surface area contributed by atoms with Gasteiger partial charge in [0.05, 0.1) is 0 Å². The predicted molar refractivity (Wildman–Crippen MR) is 443 cm³/mol. The van der Waals surface area contributed by atoms with Crippen molar-refractivity contribution in [2.75, 3.05) is 9.80 Å². The number of hydrogen-bond donors (Lipinski definition) is 0. The third-order valence-corrected chi connectivity index (χ3v) is 23.7. The smallest absolute Gasteiger partial charge is 0.0464 e. The molecule has 15 rings (SSSR count). The summed E-state index contributed by atoms with van der Waals surface area (Å²) in [6.45, 7) is 11.5. The Bertz CT molecular complexity index is 4800. The minimum atomic E-state index is -0.0903. The van der Waals surface area contributed by atoms with Gasteiger partial charge in [-0.3, -0.25) is 0 Å². The predicted octanol–water partition coefficient (Wildman–Crippen LogP) is 29.8. The van der Waals surface area contributed by atoms with Crippen LogP contribution in [0, 0.1) is 6.92 Å². The molecule has 3 aliphatic carbocycles. The van der Waals surface area contributed by atoms with Gasteiger partial charge in [-0.15, -0.1) is 0 Å².